The lowest BCUT2D eigenvalue weighted by Gasteiger charge is -2.06. The van der Waals surface area contributed by atoms with Crippen LogP contribution in [0.2, 0.25) is 0 Å². The van der Waals surface area contributed by atoms with Crippen LogP contribution in [0.25, 0.3) is 0 Å². The van der Waals surface area contributed by atoms with E-state index in [2.05, 4.69) is 62.4 Å². The highest BCUT2D eigenvalue weighted by Crippen LogP contribution is 2.59. The highest BCUT2D eigenvalue weighted by Gasteiger charge is 2.22. The van der Waals surface area contributed by atoms with E-state index in [1.807, 2.05) is 6.07 Å². The second-order valence-electron chi connectivity index (χ2n) is 8.82. The molecule has 0 spiro atoms. The van der Waals surface area contributed by atoms with Gasteiger partial charge in [-0.15, -0.1) is 0 Å². The molecule has 1 aliphatic heterocycles. The van der Waals surface area contributed by atoms with Gasteiger partial charge in [0.15, 0.2) is 0 Å². The van der Waals surface area contributed by atoms with Crippen LogP contribution in [0.4, 0.5) is 8.78 Å². The lowest BCUT2D eigenvalue weighted by Crippen LogP contribution is -2.00. The maximum atomic E-state index is 13.3. The highest BCUT2D eigenvalue weighted by molar-refractivity contribution is 9.93. The third kappa shape index (κ3) is 16.1. The van der Waals surface area contributed by atoms with E-state index in [1.54, 1.807) is 18.2 Å². The summed E-state index contributed by atoms with van der Waals surface area (Å²) < 4.78 is 42.0. The van der Waals surface area contributed by atoms with Crippen molar-refractivity contribution in [3.8, 4) is 11.5 Å². The number of ether oxygens (including phenoxy) is 3. The molecule has 0 unspecified atom stereocenters. The van der Waals surface area contributed by atoms with Crippen molar-refractivity contribution in [1.29, 1.82) is 0 Å². The Morgan fingerprint density at radius 1 is 0.811 bits per heavy atom. The van der Waals surface area contributed by atoms with E-state index in [0.29, 0.717) is 46.4 Å². The average Bonchev–Trinajstić information content (AvgIpc) is 3.81. The quantitative estimate of drug-likeness (QED) is 0.214. The van der Waals surface area contributed by atoms with Gasteiger partial charge in [-0.25, -0.2) is 8.78 Å². The maximum Gasteiger partial charge on any atom is 0.132 e. The van der Waals surface area contributed by atoms with Crippen LogP contribution in [-0.4, -0.2) is 31.5 Å². The minimum Gasteiger partial charge on any atom is -0.493 e. The predicted molar refractivity (Wildman–Crippen MR) is 162 cm³/mol. The van der Waals surface area contributed by atoms with Gasteiger partial charge in [0, 0.05) is 36.2 Å². The summed E-state index contributed by atoms with van der Waals surface area (Å²) >= 11 is 12.7. The van der Waals surface area contributed by atoms with Gasteiger partial charge in [-0.05, 0) is 115 Å². The molecule has 0 radical (unpaired) electrons. The standard InChI is InChI=1S/C11H12BrFO.C11H13FO2.C4H8O.Br3P/c12-6-9-3-4-10(5-11(9)13)14-7-8-1-2-8;12-11-5-10(4-3-9(11)6-13)14-7-8-1-2-8;1-2-4-5-3-1;1-4(2)3/h3-5,8H,1-2,6-7H2;3-5,8,13H,1-2,6-7H2;1-4H2;. The topological polar surface area (TPSA) is 47.9 Å². The van der Waals surface area contributed by atoms with Crippen molar-refractivity contribution in [3.63, 3.8) is 0 Å². The molecule has 208 valence electrons. The van der Waals surface area contributed by atoms with Crippen molar-refractivity contribution in [2.75, 3.05) is 26.4 Å². The van der Waals surface area contributed by atoms with E-state index in [4.69, 9.17) is 19.3 Å². The maximum absolute atomic E-state index is 13.3. The van der Waals surface area contributed by atoms with Crippen LogP contribution in [0.3, 0.4) is 0 Å². The van der Waals surface area contributed by atoms with Gasteiger partial charge in [0.25, 0.3) is 0 Å². The van der Waals surface area contributed by atoms with Crippen molar-refractivity contribution in [1.82, 2.24) is 0 Å². The van der Waals surface area contributed by atoms with Crippen LogP contribution in [0, 0.1) is 23.5 Å². The second-order valence-corrected chi connectivity index (χ2v) is 24.7. The summed E-state index contributed by atoms with van der Waals surface area (Å²) in [5, 5.41) is 9.30. The molecule has 37 heavy (non-hydrogen) atoms. The van der Waals surface area contributed by atoms with Gasteiger partial charge in [-0.3, -0.25) is 0 Å². The molecule has 2 aliphatic carbocycles. The summed E-state index contributed by atoms with van der Waals surface area (Å²) in [7, 11) is 0. The minimum atomic E-state index is -0.402. The number of hydrogen-bond acceptors (Lipinski definition) is 4. The van der Waals surface area contributed by atoms with Crippen LogP contribution in [0.5, 0.6) is 11.5 Å². The van der Waals surface area contributed by atoms with Crippen LogP contribution in [0.15, 0.2) is 36.4 Å². The van der Waals surface area contributed by atoms with E-state index in [1.165, 1.54) is 50.7 Å². The zero-order chi connectivity index (χ0) is 27.0. The second kappa shape index (κ2) is 19.3. The normalized spacial score (nSPS) is 16.0. The number of alkyl halides is 1. The first kappa shape index (κ1) is 33.4. The first-order valence-electron chi connectivity index (χ1n) is 12.2. The van der Waals surface area contributed by atoms with Crippen molar-refractivity contribution in [2.45, 2.75) is 50.5 Å². The molecule has 2 aromatic rings. The predicted octanol–water partition coefficient (Wildman–Crippen LogP) is 9.81. The summed E-state index contributed by atoms with van der Waals surface area (Å²) in [5.41, 5.74) is 0.979. The number of aliphatic hydroxyl groups is 1. The molecule has 0 bridgehead atoms. The summed E-state index contributed by atoms with van der Waals surface area (Å²) in [6.07, 6.45) is 7.50. The molecule has 0 atom stereocenters. The molecule has 11 heteroatoms. The molecule has 4 nitrogen and oxygen atoms in total. The molecule has 0 amide bonds. The molecular formula is C26H33Br4F2O4P. The zero-order valence-corrected chi connectivity index (χ0v) is 27.7. The average molecular weight is 798 g/mol. The van der Waals surface area contributed by atoms with Crippen LogP contribution < -0.4 is 9.47 Å². The smallest absolute Gasteiger partial charge is 0.132 e. The Kier molecular flexibility index (Phi) is 17.4. The van der Waals surface area contributed by atoms with Gasteiger partial charge < -0.3 is 19.3 Å². The molecule has 1 N–H and O–H groups in total. The lowest BCUT2D eigenvalue weighted by atomic mass is 10.2. The van der Waals surface area contributed by atoms with E-state index >= 15 is 0 Å². The third-order valence-electron chi connectivity index (χ3n) is 5.56. The zero-order valence-electron chi connectivity index (χ0n) is 20.5. The van der Waals surface area contributed by atoms with Gasteiger partial charge in [0.1, 0.15) is 27.2 Å². The summed E-state index contributed by atoms with van der Waals surface area (Å²) in [5.74, 6) is 1.95. The number of benzene rings is 2. The lowest BCUT2D eigenvalue weighted by molar-refractivity contribution is 0.198. The Bertz CT molecular complexity index is 838. The Morgan fingerprint density at radius 3 is 1.54 bits per heavy atom. The minimum absolute atomic E-state index is 0.183. The van der Waals surface area contributed by atoms with Gasteiger partial charge in [-0.2, -0.15) is 0 Å². The van der Waals surface area contributed by atoms with E-state index in [0.717, 1.165) is 19.8 Å². The number of halogens is 6. The van der Waals surface area contributed by atoms with Crippen LogP contribution in [-0.2, 0) is 16.7 Å². The number of aliphatic hydroxyl groups excluding tert-OH is 1. The van der Waals surface area contributed by atoms with Crippen LogP contribution in [0.1, 0.15) is 49.7 Å². The fourth-order valence-corrected chi connectivity index (χ4v) is 3.43. The highest BCUT2D eigenvalue weighted by atomic mass is 80.0. The third-order valence-corrected chi connectivity index (χ3v) is 6.16. The summed E-state index contributed by atoms with van der Waals surface area (Å²) in [4.78, 5) is 0. The Labute approximate surface area is 252 Å². The molecule has 2 aromatic carbocycles. The van der Waals surface area contributed by atoms with Crippen molar-refractivity contribution in [2.24, 2.45) is 11.8 Å². The Hall–Kier alpha value is 0.170. The molecule has 3 fully saturated rings. The van der Waals surface area contributed by atoms with Gasteiger partial charge in [0.05, 0.1) is 19.8 Å². The van der Waals surface area contributed by atoms with E-state index < -0.39 is 5.82 Å². The molecule has 5 rings (SSSR count). The first-order chi connectivity index (χ1) is 17.8. The SMILES string of the molecule is BrP(Br)Br.C1CCOC1.Fc1cc(OCC2CC2)ccc1CBr.OCc1ccc(OCC2CC2)cc1F. The molecule has 1 heterocycles. The van der Waals surface area contributed by atoms with Crippen molar-refractivity contribution >= 4 is 66.4 Å². The molecule has 0 aromatic heterocycles. The molecule has 1 saturated heterocycles. The first-order valence-corrected chi connectivity index (χ1v) is 20.7. The summed E-state index contributed by atoms with van der Waals surface area (Å²) in [6.45, 7) is 3.14. The Morgan fingerprint density at radius 2 is 1.24 bits per heavy atom. The van der Waals surface area contributed by atoms with E-state index in [9.17, 15) is 8.78 Å². The summed E-state index contributed by atoms with van der Waals surface area (Å²) in [6, 6.07) is 9.61. The van der Waals surface area contributed by atoms with Crippen molar-refractivity contribution < 1.29 is 28.1 Å². The Balaban J connectivity index is 0.000000197. The van der Waals surface area contributed by atoms with Crippen LogP contribution >= 0.6 is 66.4 Å². The largest absolute Gasteiger partial charge is 0.493 e. The number of hydrogen-bond donors (Lipinski definition) is 1. The van der Waals surface area contributed by atoms with Crippen molar-refractivity contribution in [3.05, 3.63) is 59.2 Å². The number of rotatable bonds is 8. The molecular weight excluding hydrogens is 765 g/mol. The van der Waals surface area contributed by atoms with Gasteiger partial charge in [0.2, 0.25) is 0 Å². The van der Waals surface area contributed by atoms with Gasteiger partial charge in [-0.1, -0.05) is 28.1 Å². The van der Waals surface area contributed by atoms with E-state index in [-0.39, 0.29) is 16.5 Å². The fraction of sp³-hybridized carbons (Fsp3) is 0.538. The molecule has 3 aliphatic rings. The molecule has 2 saturated carbocycles. The fourth-order valence-electron chi connectivity index (χ4n) is 2.98. The monoisotopic (exact) mass is 794 g/mol. The van der Waals surface area contributed by atoms with Gasteiger partial charge >= 0.3 is 0 Å².